The second-order valence-electron chi connectivity index (χ2n) is 11.0. The van der Waals surface area contributed by atoms with Gasteiger partial charge < -0.3 is 0 Å². The van der Waals surface area contributed by atoms with E-state index < -0.39 is 49.5 Å². The number of hydrogen-bond acceptors (Lipinski definition) is 4. The zero-order valence-electron chi connectivity index (χ0n) is 25.4. The Bertz CT molecular complexity index is 1520. The quantitative estimate of drug-likeness (QED) is 0.185. The van der Waals surface area contributed by atoms with Crippen LogP contribution in [0.5, 0.6) is 0 Å². The summed E-state index contributed by atoms with van der Waals surface area (Å²) in [5, 5.41) is 0. The molecule has 0 saturated carbocycles. The van der Waals surface area contributed by atoms with Gasteiger partial charge in [-0.15, -0.1) is 0 Å². The van der Waals surface area contributed by atoms with Crippen molar-refractivity contribution in [2.24, 2.45) is 0 Å². The van der Waals surface area contributed by atoms with Crippen molar-refractivity contribution < 1.29 is 15.7 Å². The molecule has 46 heavy (non-hydrogen) atoms. The first-order valence-electron chi connectivity index (χ1n) is 15.4. The molecule has 0 bridgehead atoms. The Balaban J connectivity index is 1.32. The van der Waals surface area contributed by atoms with Crippen LogP contribution in [-0.4, -0.2) is 49.5 Å². The molecular formula is C40H34O4Sn2. The van der Waals surface area contributed by atoms with Crippen molar-refractivity contribution >= 4 is 71.0 Å². The topological polar surface area (TPSA) is 52.6 Å². The van der Waals surface area contributed by atoms with Gasteiger partial charge in [0.05, 0.1) is 0 Å². The summed E-state index contributed by atoms with van der Waals surface area (Å²) in [6.07, 6.45) is -0.158. The van der Waals surface area contributed by atoms with Gasteiger partial charge in [0.15, 0.2) is 0 Å². The molecule has 0 aliphatic carbocycles. The first kappa shape index (κ1) is 31.8. The van der Waals surface area contributed by atoms with Gasteiger partial charge in [0, 0.05) is 0 Å². The van der Waals surface area contributed by atoms with Crippen LogP contribution in [0.4, 0.5) is 0 Å². The molecule has 0 heterocycles. The predicted octanol–water partition coefficient (Wildman–Crippen LogP) is 4.19. The first-order valence-corrected chi connectivity index (χ1v) is 26.3. The average molecular weight is 816 g/mol. The van der Waals surface area contributed by atoms with Crippen LogP contribution < -0.4 is 21.5 Å². The summed E-state index contributed by atoms with van der Waals surface area (Å²) in [6, 6.07) is 60.3. The summed E-state index contributed by atoms with van der Waals surface area (Å²) in [5.41, 5.74) is 0. The van der Waals surface area contributed by atoms with Crippen LogP contribution in [0.1, 0.15) is 12.8 Å². The molecule has 6 heteroatoms. The Morgan fingerprint density at radius 3 is 0.674 bits per heavy atom. The maximum atomic E-state index is 13.9. The summed E-state index contributed by atoms with van der Waals surface area (Å²) >= 11 is -8.60. The van der Waals surface area contributed by atoms with Crippen molar-refractivity contribution in [2.45, 2.75) is 12.8 Å². The van der Waals surface area contributed by atoms with E-state index >= 15 is 0 Å². The molecule has 0 N–H and O–H groups in total. The normalized spacial score (nSPS) is 11.4. The monoisotopic (exact) mass is 818 g/mol. The van der Waals surface area contributed by atoms with Gasteiger partial charge in [-0.25, -0.2) is 0 Å². The van der Waals surface area contributed by atoms with Crippen LogP contribution in [0.3, 0.4) is 0 Å². The Kier molecular flexibility index (Phi) is 10.4. The Labute approximate surface area is 279 Å². The number of carbonyl (C=O) groups excluding carboxylic acids is 2. The molecule has 0 atom stereocenters. The fourth-order valence-electron chi connectivity index (χ4n) is 6.04. The van der Waals surface area contributed by atoms with E-state index in [4.69, 9.17) is 6.15 Å². The average Bonchev–Trinajstić information content (AvgIpc) is 3.14. The zero-order chi connectivity index (χ0) is 31.7. The summed E-state index contributed by atoms with van der Waals surface area (Å²) in [7, 11) is 0. The molecule has 0 aromatic heterocycles. The molecule has 6 rings (SSSR count). The minimum absolute atomic E-state index is 0.0790. The Hall–Kier alpha value is -4.14. The van der Waals surface area contributed by atoms with Gasteiger partial charge in [-0.2, -0.15) is 0 Å². The van der Waals surface area contributed by atoms with Crippen molar-refractivity contribution in [1.82, 2.24) is 0 Å². The third-order valence-corrected chi connectivity index (χ3v) is 30.8. The van der Waals surface area contributed by atoms with Crippen LogP contribution in [0.25, 0.3) is 0 Å². The molecule has 0 spiro atoms. The molecule has 0 amide bonds. The van der Waals surface area contributed by atoms with Gasteiger partial charge in [0.1, 0.15) is 0 Å². The molecule has 226 valence electrons. The van der Waals surface area contributed by atoms with Gasteiger partial charge >= 0.3 is 282 Å². The van der Waals surface area contributed by atoms with Crippen LogP contribution in [0.15, 0.2) is 182 Å². The third-order valence-electron chi connectivity index (χ3n) is 8.15. The molecule has 4 nitrogen and oxygen atoms in total. The third kappa shape index (κ3) is 6.69. The summed E-state index contributed by atoms with van der Waals surface area (Å²) in [4.78, 5) is 27.8. The fraction of sp³-hybridized carbons (Fsp3) is 0.0500. The maximum absolute atomic E-state index is 13.9. The van der Waals surface area contributed by atoms with E-state index in [9.17, 15) is 9.59 Å². The first-order chi connectivity index (χ1) is 22.6. The number of benzene rings is 6. The molecule has 6 aromatic rings. The van der Waals surface area contributed by atoms with Crippen LogP contribution in [-0.2, 0) is 15.7 Å². The van der Waals surface area contributed by atoms with E-state index in [1.54, 1.807) is 0 Å². The van der Waals surface area contributed by atoms with Gasteiger partial charge in [-0.3, -0.25) is 0 Å². The van der Waals surface area contributed by atoms with E-state index in [0.29, 0.717) is 0 Å². The van der Waals surface area contributed by atoms with Crippen molar-refractivity contribution in [3.05, 3.63) is 182 Å². The Morgan fingerprint density at radius 1 is 0.326 bits per heavy atom. The van der Waals surface area contributed by atoms with Crippen molar-refractivity contribution in [1.29, 1.82) is 0 Å². The molecule has 0 radical (unpaired) electrons. The van der Waals surface area contributed by atoms with Crippen LogP contribution in [0, 0.1) is 0 Å². The zero-order valence-corrected chi connectivity index (χ0v) is 31.1. The second-order valence-corrected chi connectivity index (χ2v) is 29.8. The Morgan fingerprint density at radius 2 is 0.500 bits per heavy atom. The SMILES string of the molecule is O=C(CCC(=O)[O][Sn]([c]1ccccc1)([c]1ccccc1)[c]1ccccc1)[O][Sn]([c]1ccccc1)([c]1ccccc1)[c]1ccccc1. The molecular weight excluding hydrogens is 782 g/mol. The second kappa shape index (κ2) is 15.0. The van der Waals surface area contributed by atoms with Gasteiger partial charge in [0.25, 0.3) is 0 Å². The van der Waals surface area contributed by atoms with Crippen molar-refractivity contribution in [3.8, 4) is 0 Å². The van der Waals surface area contributed by atoms with E-state index in [-0.39, 0.29) is 12.8 Å². The molecule has 6 aromatic carbocycles. The van der Waals surface area contributed by atoms with E-state index in [1.165, 1.54) is 0 Å². The summed E-state index contributed by atoms with van der Waals surface area (Å²) < 4.78 is 19.6. The summed E-state index contributed by atoms with van der Waals surface area (Å²) in [5.74, 6) is -0.798. The molecule has 0 unspecified atom stereocenters. The van der Waals surface area contributed by atoms with E-state index in [2.05, 4.69) is 72.8 Å². The number of rotatable bonds is 11. The summed E-state index contributed by atoms with van der Waals surface area (Å²) in [6.45, 7) is 0. The van der Waals surface area contributed by atoms with Gasteiger partial charge in [-0.1, -0.05) is 0 Å². The molecule has 0 aliphatic rings. The van der Waals surface area contributed by atoms with E-state index in [1.807, 2.05) is 109 Å². The standard InChI is InChI=1S/6C6H5.C4H6O4.2Sn/c6*1-2-4-6-5-3-1;5-3(6)1-2-4(7)8;;/h6*1-5H;1-2H2,(H,5,6)(H,7,8);;/q;;;;;;;2*+1/p-2. The van der Waals surface area contributed by atoms with Crippen LogP contribution >= 0.6 is 0 Å². The van der Waals surface area contributed by atoms with Gasteiger partial charge in [0.2, 0.25) is 0 Å². The number of carbonyl (C=O) groups is 2. The minimum atomic E-state index is -4.30. The number of hydrogen-bond donors (Lipinski definition) is 0. The molecule has 0 aliphatic heterocycles. The molecule has 0 fully saturated rings. The molecule has 0 saturated heterocycles. The fourth-order valence-corrected chi connectivity index (χ4v) is 27.6. The van der Waals surface area contributed by atoms with E-state index in [0.717, 1.165) is 21.5 Å². The van der Waals surface area contributed by atoms with Gasteiger partial charge in [-0.05, 0) is 0 Å². The van der Waals surface area contributed by atoms with Crippen LogP contribution in [0.2, 0.25) is 0 Å². The predicted molar refractivity (Wildman–Crippen MR) is 189 cm³/mol. The van der Waals surface area contributed by atoms with Crippen molar-refractivity contribution in [2.75, 3.05) is 0 Å². The van der Waals surface area contributed by atoms with Crippen molar-refractivity contribution in [3.63, 3.8) is 0 Å².